The van der Waals surface area contributed by atoms with E-state index in [1.165, 1.54) is 23.5 Å². The van der Waals surface area contributed by atoms with Crippen LogP contribution in [0.4, 0.5) is 14.5 Å². The molecule has 0 radical (unpaired) electrons. The molecule has 100 valence electrons. The predicted molar refractivity (Wildman–Crippen MR) is 77.3 cm³/mol. The average Bonchev–Trinajstić information content (AvgIpc) is 2.92. The van der Waals surface area contributed by atoms with E-state index in [4.69, 9.17) is 5.73 Å². The summed E-state index contributed by atoms with van der Waals surface area (Å²) in [7, 11) is 0. The number of thiazole rings is 1. The Bertz CT molecular complexity index is 751. The molecule has 0 spiro atoms. The molecule has 0 saturated heterocycles. The smallest absolute Gasteiger partial charge is 0.168 e. The molecule has 0 amide bonds. The highest BCUT2D eigenvalue weighted by molar-refractivity contribution is 7.13. The first-order valence-corrected chi connectivity index (χ1v) is 6.79. The summed E-state index contributed by atoms with van der Waals surface area (Å²) in [6.45, 7) is 0. The summed E-state index contributed by atoms with van der Waals surface area (Å²) in [6, 6.07) is 11.3. The number of halogens is 2. The molecule has 2 N–H and O–H groups in total. The molecule has 3 rings (SSSR count). The van der Waals surface area contributed by atoms with Crippen molar-refractivity contribution in [2.24, 2.45) is 0 Å². The number of anilines is 1. The van der Waals surface area contributed by atoms with E-state index in [2.05, 4.69) is 4.98 Å². The quantitative estimate of drug-likeness (QED) is 0.712. The number of hydrogen-bond acceptors (Lipinski definition) is 3. The second-order valence-corrected chi connectivity index (χ2v) is 5.12. The highest BCUT2D eigenvalue weighted by Crippen LogP contribution is 2.31. The fraction of sp³-hybridized carbons (Fsp3) is 0. The van der Waals surface area contributed by atoms with Gasteiger partial charge in [-0.1, -0.05) is 6.07 Å². The number of aromatic nitrogens is 1. The van der Waals surface area contributed by atoms with Gasteiger partial charge in [0.2, 0.25) is 0 Å². The largest absolute Gasteiger partial charge is 0.399 e. The molecule has 1 aromatic heterocycles. The van der Waals surface area contributed by atoms with Crippen molar-refractivity contribution < 1.29 is 8.78 Å². The van der Waals surface area contributed by atoms with E-state index < -0.39 is 11.6 Å². The Morgan fingerprint density at radius 2 is 1.75 bits per heavy atom. The minimum Gasteiger partial charge on any atom is -0.399 e. The molecule has 0 aliphatic rings. The zero-order chi connectivity index (χ0) is 14.1. The second kappa shape index (κ2) is 5.02. The molecule has 5 heteroatoms. The Morgan fingerprint density at radius 3 is 2.50 bits per heavy atom. The molecule has 20 heavy (non-hydrogen) atoms. The minimum absolute atomic E-state index is 0.169. The van der Waals surface area contributed by atoms with Crippen LogP contribution < -0.4 is 5.73 Å². The molecule has 0 bridgehead atoms. The average molecular weight is 288 g/mol. The normalized spacial score (nSPS) is 10.7. The first kappa shape index (κ1) is 12.7. The lowest BCUT2D eigenvalue weighted by atomic mass is 10.1. The van der Waals surface area contributed by atoms with E-state index in [1.54, 1.807) is 17.5 Å². The van der Waals surface area contributed by atoms with E-state index in [0.717, 1.165) is 16.6 Å². The van der Waals surface area contributed by atoms with E-state index in [-0.39, 0.29) is 5.56 Å². The summed E-state index contributed by atoms with van der Waals surface area (Å²) in [4.78, 5) is 4.35. The van der Waals surface area contributed by atoms with E-state index in [9.17, 15) is 8.78 Å². The van der Waals surface area contributed by atoms with Crippen molar-refractivity contribution in [2.75, 3.05) is 5.73 Å². The SMILES string of the molecule is Nc1ccc(-c2nc(-c3cccc(F)c3F)cs2)cc1. The number of hydrogen-bond donors (Lipinski definition) is 1. The molecule has 2 nitrogen and oxygen atoms in total. The lowest BCUT2D eigenvalue weighted by Crippen LogP contribution is -1.89. The first-order chi connectivity index (χ1) is 9.65. The van der Waals surface area contributed by atoms with Gasteiger partial charge in [-0.25, -0.2) is 13.8 Å². The fourth-order valence-electron chi connectivity index (χ4n) is 1.86. The standard InChI is InChI=1S/C15H10F2N2S/c16-12-3-1-2-11(14(12)17)13-8-20-15(19-13)9-4-6-10(18)7-5-9/h1-8H,18H2. The molecule has 1 heterocycles. The summed E-state index contributed by atoms with van der Waals surface area (Å²) in [5, 5.41) is 2.45. The van der Waals surface area contributed by atoms with Gasteiger partial charge in [0.15, 0.2) is 11.6 Å². The molecule has 0 aliphatic carbocycles. The molecule has 0 atom stereocenters. The number of nitrogens with two attached hydrogens (primary N) is 1. The van der Waals surface area contributed by atoms with Gasteiger partial charge >= 0.3 is 0 Å². The van der Waals surface area contributed by atoms with Crippen LogP contribution >= 0.6 is 11.3 Å². The number of benzene rings is 2. The molecular formula is C15H10F2N2S. The highest BCUT2D eigenvalue weighted by Gasteiger charge is 2.13. The third kappa shape index (κ3) is 2.28. The maximum absolute atomic E-state index is 13.7. The minimum atomic E-state index is -0.873. The van der Waals surface area contributed by atoms with Gasteiger partial charge in [-0.2, -0.15) is 0 Å². The van der Waals surface area contributed by atoms with E-state index in [0.29, 0.717) is 11.4 Å². The van der Waals surface area contributed by atoms with Crippen LogP contribution in [-0.4, -0.2) is 4.98 Å². The van der Waals surface area contributed by atoms with E-state index in [1.807, 2.05) is 12.1 Å². The number of nitrogen functional groups attached to an aromatic ring is 1. The lowest BCUT2D eigenvalue weighted by Gasteiger charge is -2.00. The van der Waals surface area contributed by atoms with Crippen LogP contribution in [0.15, 0.2) is 47.8 Å². The Kier molecular flexibility index (Phi) is 3.20. The van der Waals surface area contributed by atoms with Crippen molar-refractivity contribution in [1.29, 1.82) is 0 Å². The van der Waals surface area contributed by atoms with Crippen LogP contribution in [0.25, 0.3) is 21.8 Å². The van der Waals surface area contributed by atoms with Gasteiger partial charge in [-0.3, -0.25) is 0 Å². The maximum atomic E-state index is 13.7. The van der Waals surface area contributed by atoms with Crippen molar-refractivity contribution in [3.8, 4) is 21.8 Å². The Labute approximate surface area is 118 Å². The highest BCUT2D eigenvalue weighted by atomic mass is 32.1. The van der Waals surface area contributed by atoms with Crippen LogP contribution in [0.5, 0.6) is 0 Å². The molecule has 2 aromatic carbocycles. The molecule has 3 aromatic rings. The zero-order valence-electron chi connectivity index (χ0n) is 10.3. The summed E-state index contributed by atoms with van der Waals surface area (Å²) in [6.07, 6.45) is 0. The number of nitrogens with zero attached hydrogens (tertiary/aromatic N) is 1. The third-order valence-corrected chi connectivity index (χ3v) is 3.78. The van der Waals surface area contributed by atoms with Gasteiger partial charge < -0.3 is 5.73 Å². The van der Waals surface area contributed by atoms with Gasteiger partial charge in [0.25, 0.3) is 0 Å². The summed E-state index contributed by atoms with van der Waals surface area (Å²) < 4.78 is 27.0. The van der Waals surface area contributed by atoms with Crippen LogP contribution in [0.2, 0.25) is 0 Å². The van der Waals surface area contributed by atoms with Gasteiger partial charge in [0, 0.05) is 22.2 Å². The van der Waals surface area contributed by atoms with Crippen LogP contribution in [-0.2, 0) is 0 Å². The topological polar surface area (TPSA) is 38.9 Å². The summed E-state index contributed by atoms with van der Waals surface area (Å²) in [5.74, 6) is -1.74. The van der Waals surface area contributed by atoms with Gasteiger partial charge in [0.05, 0.1) is 5.69 Å². The first-order valence-electron chi connectivity index (χ1n) is 5.91. The molecule has 0 saturated carbocycles. The van der Waals surface area contributed by atoms with Crippen molar-refractivity contribution in [1.82, 2.24) is 4.98 Å². The molecule has 0 fully saturated rings. The van der Waals surface area contributed by atoms with Crippen LogP contribution in [0.1, 0.15) is 0 Å². The Morgan fingerprint density at radius 1 is 1.00 bits per heavy atom. The Balaban J connectivity index is 2.02. The lowest BCUT2D eigenvalue weighted by molar-refractivity contribution is 0.511. The molecule has 0 unspecified atom stereocenters. The maximum Gasteiger partial charge on any atom is 0.168 e. The molecule has 0 aliphatic heterocycles. The zero-order valence-corrected chi connectivity index (χ0v) is 11.1. The van der Waals surface area contributed by atoms with Gasteiger partial charge in [0.1, 0.15) is 5.01 Å². The third-order valence-electron chi connectivity index (χ3n) is 2.89. The second-order valence-electron chi connectivity index (χ2n) is 4.26. The van der Waals surface area contributed by atoms with Crippen LogP contribution in [0, 0.1) is 11.6 Å². The van der Waals surface area contributed by atoms with Gasteiger partial charge in [-0.15, -0.1) is 11.3 Å². The number of rotatable bonds is 2. The predicted octanol–water partition coefficient (Wildman–Crippen LogP) is 4.34. The fourth-order valence-corrected chi connectivity index (χ4v) is 2.68. The van der Waals surface area contributed by atoms with Crippen molar-refractivity contribution in [2.45, 2.75) is 0 Å². The van der Waals surface area contributed by atoms with Crippen molar-refractivity contribution in [3.63, 3.8) is 0 Å². The monoisotopic (exact) mass is 288 g/mol. The van der Waals surface area contributed by atoms with E-state index >= 15 is 0 Å². The van der Waals surface area contributed by atoms with Crippen LogP contribution in [0.3, 0.4) is 0 Å². The summed E-state index contributed by atoms with van der Waals surface area (Å²) in [5.41, 5.74) is 7.79. The molecular weight excluding hydrogens is 278 g/mol. The Hall–Kier alpha value is -2.27. The van der Waals surface area contributed by atoms with Crippen molar-refractivity contribution in [3.05, 3.63) is 59.5 Å². The van der Waals surface area contributed by atoms with Crippen molar-refractivity contribution >= 4 is 17.0 Å². The summed E-state index contributed by atoms with van der Waals surface area (Å²) >= 11 is 1.38. The van der Waals surface area contributed by atoms with Gasteiger partial charge in [-0.05, 0) is 36.4 Å².